The van der Waals surface area contributed by atoms with Crippen molar-refractivity contribution < 1.29 is 4.39 Å². The molecule has 0 bridgehead atoms. The second-order valence-corrected chi connectivity index (χ2v) is 7.40. The quantitative estimate of drug-likeness (QED) is 0.174. The van der Waals surface area contributed by atoms with Gasteiger partial charge in [0.05, 0.1) is 13.1 Å². The number of benzene rings is 2. The summed E-state index contributed by atoms with van der Waals surface area (Å²) >= 11 is 0. The number of aromatic nitrogens is 3. The second-order valence-electron chi connectivity index (χ2n) is 7.40. The van der Waals surface area contributed by atoms with E-state index >= 15 is 0 Å². The third kappa shape index (κ3) is 6.32. The lowest BCUT2D eigenvalue weighted by molar-refractivity contribution is 0.629. The zero-order valence-corrected chi connectivity index (χ0v) is 20.3. The Morgan fingerprint density at radius 3 is 2.81 bits per heavy atom. The van der Waals surface area contributed by atoms with Crippen LogP contribution in [0, 0.1) is 5.82 Å². The number of nitrogens with zero attached hydrogens (tertiary/aromatic N) is 3. The van der Waals surface area contributed by atoms with Gasteiger partial charge in [0, 0.05) is 42.6 Å². The molecule has 2 heterocycles. The predicted molar refractivity (Wildman–Crippen MR) is 138 cm³/mol. The molecule has 0 spiro atoms. The van der Waals surface area contributed by atoms with E-state index in [1.165, 1.54) is 17.7 Å². The molecule has 0 aliphatic carbocycles. The van der Waals surface area contributed by atoms with Gasteiger partial charge in [0.1, 0.15) is 5.82 Å². The molecule has 6 nitrogen and oxygen atoms in total. The Bertz CT molecular complexity index is 1150. The summed E-state index contributed by atoms with van der Waals surface area (Å²) in [5.41, 5.74) is 4.33. The van der Waals surface area contributed by atoms with Crippen molar-refractivity contribution in [1.29, 1.82) is 0 Å². The molecule has 4 rings (SSSR count). The average Bonchev–Trinajstić information content (AvgIpc) is 3.42. The largest absolute Gasteiger partial charge is 0.361 e. The molecular formula is C24H28FIN6. The Balaban J connectivity index is 0.00000289. The van der Waals surface area contributed by atoms with E-state index in [1.807, 2.05) is 29.2 Å². The molecule has 0 saturated carbocycles. The van der Waals surface area contributed by atoms with Crippen molar-refractivity contribution in [2.24, 2.45) is 4.99 Å². The predicted octanol–water partition coefficient (Wildman–Crippen LogP) is 4.47. The van der Waals surface area contributed by atoms with Gasteiger partial charge in [-0.05, 0) is 54.3 Å². The highest BCUT2D eigenvalue weighted by Gasteiger charge is 2.05. The van der Waals surface area contributed by atoms with Crippen molar-refractivity contribution in [3.63, 3.8) is 0 Å². The molecule has 8 heteroatoms. The molecule has 2 aromatic carbocycles. The van der Waals surface area contributed by atoms with Gasteiger partial charge in [-0.3, -0.25) is 4.68 Å². The summed E-state index contributed by atoms with van der Waals surface area (Å²) in [4.78, 5) is 7.87. The second kappa shape index (κ2) is 11.7. The Morgan fingerprint density at radius 2 is 2.00 bits per heavy atom. The summed E-state index contributed by atoms with van der Waals surface area (Å²) in [5.74, 6) is 0.556. The average molecular weight is 546 g/mol. The number of hydrogen-bond donors (Lipinski definition) is 3. The third-order valence-electron chi connectivity index (χ3n) is 5.08. The smallest absolute Gasteiger partial charge is 0.191 e. The molecule has 0 aliphatic rings. The molecule has 0 atom stereocenters. The lowest BCUT2D eigenvalue weighted by Gasteiger charge is -2.11. The molecule has 2 aromatic heterocycles. The molecule has 0 saturated heterocycles. The van der Waals surface area contributed by atoms with Gasteiger partial charge >= 0.3 is 0 Å². The van der Waals surface area contributed by atoms with Gasteiger partial charge in [-0.25, -0.2) is 9.38 Å². The number of hydrogen-bond acceptors (Lipinski definition) is 2. The van der Waals surface area contributed by atoms with Crippen LogP contribution in [0.5, 0.6) is 0 Å². The fourth-order valence-electron chi connectivity index (χ4n) is 3.60. The van der Waals surface area contributed by atoms with E-state index in [1.54, 1.807) is 6.20 Å². The van der Waals surface area contributed by atoms with E-state index in [4.69, 9.17) is 4.99 Å². The van der Waals surface area contributed by atoms with Gasteiger partial charge in [0.2, 0.25) is 0 Å². The molecule has 0 fully saturated rings. The van der Waals surface area contributed by atoms with Crippen LogP contribution in [-0.4, -0.2) is 33.8 Å². The maximum absolute atomic E-state index is 13.4. The minimum absolute atomic E-state index is 0. The zero-order valence-electron chi connectivity index (χ0n) is 18.0. The maximum Gasteiger partial charge on any atom is 0.191 e. The number of H-pyrrole nitrogens is 1. The number of aromatic amines is 1. The van der Waals surface area contributed by atoms with Gasteiger partial charge in [0.15, 0.2) is 5.96 Å². The van der Waals surface area contributed by atoms with Crippen molar-refractivity contribution >= 4 is 40.8 Å². The third-order valence-corrected chi connectivity index (χ3v) is 5.08. The van der Waals surface area contributed by atoms with E-state index in [2.05, 4.69) is 51.9 Å². The van der Waals surface area contributed by atoms with Gasteiger partial charge in [-0.15, -0.1) is 24.0 Å². The molecule has 4 aromatic rings. The summed E-state index contributed by atoms with van der Waals surface area (Å²) in [7, 11) is 0. The minimum atomic E-state index is -0.228. The van der Waals surface area contributed by atoms with Crippen LogP contribution in [0.3, 0.4) is 0 Å². The Morgan fingerprint density at radius 1 is 1.12 bits per heavy atom. The Kier molecular flexibility index (Phi) is 8.66. The monoisotopic (exact) mass is 546 g/mol. The fourth-order valence-corrected chi connectivity index (χ4v) is 3.60. The molecule has 0 amide bonds. The first-order valence-corrected chi connectivity index (χ1v) is 10.5. The number of nitrogens with one attached hydrogen (secondary N) is 3. The SMILES string of the molecule is CCNC(=NCc1cccc(Cn2cccn2)c1)NCCc1c[nH]c2cc(F)ccc12.I. The molecule has 32 heavy (non-hydrogen) atoms. The van der Waals surface area contributed by atoms with Crippen LogP contribution in [-0.2, 0) is 19.5 Å². The van der Waals surface area contributed by atoms with Crippen LogP contribution in [0.1, 0.15) is 23.6 Å². The van der Waals surface area contributed by atoms with E-state index in [-0.39, 0.29) is 29.8 Å². The first-order valence-electron chi connectivity index (χ1n) is 10.5. The van der Waals surface area contributed by atoms with Crippen LogP contribution < -0.4 is 10.6 Å². The van der Waals surface area contributed by atoms with Crippen molar-refractivity contribution in [1.82, 2.24) is 25.4 Å². The van der Waals surface area contributed by atoms with Crippen molar-refractivity contribution in [3.05, 3.63) is 89.6 Å². The van der Waals surface area contributed by atoms with E-state index < -0.39 is 0 Å². The number of aliphatic imine (C=N–C) groups is 1. The first-order chi connectivity index (χ1) is 15.2. The lowest BCUT2D eigenvalue weighted by atomic mass is 10.1. The van der Waals surface area contributed by atoms with Crippen LogP contribution >= 0.6 is 24.0 Å². The first kappa shape index (κ1) is 23.8. The van der Waals surface area contributed by atoms with Gasteiger partial charge in [-0.2, -0.15) is 5.10 Å². The molecule has 3 N–H and O–H groups in total. The van der Waals surface area contributed by atoms with Crippen molar-refractivity contribution in [3.8, 4) is 0 Å². The Labute approximate surface area is 204 Å². The zero-order chi connectivity index (χ0) is 21.5. The van der Waals surface area contributed by atoms with Crippen LogP contribution in [0.2, 0.25) is 0 Å². The molecule has 0 aliphatic heterocycles. The van der Waals surface area contributed by atoms with Gasteiger partial charge in [0.25, 0.3) is 0 Å². The van der Waals surface area contributed by atoms with Gasteiger partial charge in [-0.1, -0.05) is 24.3 Å². The number of halogens is 2. The Hall–Kier alpha value is -2.88. The highest BCUT2D eigenvalue weighted by atomic mass is 127. The van der Waals surface area contributed by atoms with E-state index in [0.717, 1.165) is 54.0 Å². The van der Waals surface area contributed by atoms with Crippen LogP contribution in [0.25, 0.3) is 10.9 Å². The number of fused-ring (bicyclic) bond motifs is 1. The summed E-state index contributed by atoms with van der Waals surface area (Å²) in [6.45, 7) is 4.91. The highest BCUT2D eigenvalue weighted by molar-refractivity contribution is 14.0. The number of guanidine groups is 1. The standard InChI is InChI=1S/C24H27FN6.HI/c1-2-26-24(27-11-9-20-16-28-23-14-21(25)7-8-22(20)23)29-15-18-5-3-6-19(13-18)17-31-12-4-10-30-31;/h3-8,10,12-14,16,28H,2,9,11,15,17H2,1H3,(H2,26,27,29);1H. The van der Waals surface area contributed by atoms with E-state index in [0.29, 0.717) is 6.54 Å². The summed E-state index contributed by atoms with van der Waals surface area (Å²) in [5, 5.41) is 12.0. The normalized spacial score (nSPS) is 11.4. The fraction of sp³-hybridized carbons (Fsp3) is 0.250. The molecule has 168 valence electrons. The lowest BCUT2D eigenvalue weighted by Crippen LogP contribution is -2.38. The molecule has 0 radical (unpaired) electrons. The van der Waals surface area contributed by atoms with E-state index in [9.17, 15) is 4.39 Å². The number of rotatable bonds is 8. The van der Waals surface area contributed by atoms with Crippen molar-refractivity contribution in [2.45, 2.75) is 26.4 Å². The molecule has 0 unspecified atom stereocenters. The van der Waals surface area contributed by atoms with Gasteiger partial charge < -0.3 is 15.6 Å². The highest BCUT2D eigenvalue weighted by Crippen LogP contribution is 2.19. The summed E-state index contributed by atoms with van der Waals surface area (Å²) < 4.78 is 15.3. The van der Waals surface area contributed by atoms with Crippen molar-refractivity contribution in [2.75, 3.05) is 13.1 Å². The van der Waals surface area contributed by atoms with Crippen LogP contribution in [0.4, 0.5) is 4.39 Å². The minimum Gasteiger partial charge on any atom is -0.361 e. The maximum atomic E-state index is 13.4. The van der Waals surface area contributed by atoms with Crippen LogP contribution in [0.15, 0.2) is 72.1 Å². The topological polar surface area (TPSA) is 70.0 Å². The molecular weight excluding hydrogens is 518 g/mol. The summed E-state index contributed by atoms with van der Waals surface area (Å²) in [6, 6.07) is 15.2. The summed E-state index contributed by atoms with van der Waals surface area (Å²) in [6.07, 6.45) is 6.51.